The first kappa shape index (κ1) is 13.9. The van der Waals surface area contributed by atoms with Crippen LogP contribution in [-0.4, -0.2) is 31.1 Å². The molecule has 2 heteroatoms. The Hall–Kier alpha value is -0.0800. The van der Waals surface area contributed by atoms with E-state index in [0.717, 1.165) is 19.0 Å². The summed E-state index contributed by atoms with van der Waals surface area (Å²) in [7, 11) is 2.20. The summed E-state index contributed by atoms with van der Waals surface area (Å²) in [5, 5.41) is 0. The van der Waals surface area contributed by atoms with E-state index in [4.69, 9.17) is 5.73 Å². The number of nitrogens with zero attached hydrogens (tertiary/aromatic N) is 1. The largest absolute Gasteiger partial charge is 0.329 e. The SMILES string of the molecule is CCCC(C)C(CN)N(C)CC(C)C. The zero-order chi connectivity index (χ0) is 11.1. The monoisotopic (exact) mass is 200 g/mol. The van der Waals surface area contributed by atoms with Gasteiger partial charge in [-0.2, -0.15) is 0 Å². The summed E-state index contributed by atoms with van der Waals surface area (Å²) in [6, 6.07) is 0.553. The van der Waals surface area contributed by atoms with Crippen LogP contribution in [0.2, 0.25) is 0 Å². The van der Waals surface area contributed by atoms with Crippen LogP contribution in [0.1, 0.15) is 40.5 Å². The van der Waals surface area contributed by atoms with Gasteiger partial charge in [0.1, 0.15) is 0 Å². The summed E-state index contributed by atoms with van der Waals surface area (Å²) in [4.78, 5) is 2.42. The summed E-state index contributed by atoms with van der Waals surface area (Å²) in [6.45, 7) is 11.0. The topological polar surface area (TPSA) is 29.3 Å². The molecular weight excluding hydrogens is 172 g/mol. The van der Waals surface area contributed by atoms with Gasteiger partial charge in [-0.05, 0) is 25.3 Å². The molecule has 0 radical (unpaired) electrons. The van der Waals surface area contributed by atoms with E-state index in [1.807, 2.05) is 0 Å². The molecular formula is C12H28N2. The molecule has 0 spiro atoms. The Labute approximate surface area is 89.9 Å². The fraction of sp³-hybridized carbons (Fsp3) is 1.00. The van der Waals surface area contributed by atoms with Gasteiger partial charge in [0.2, 0.25) is 0 Å². The molecule has 0 bridgehead atoms. The molecule has 0 aromatic carbocycles. The first-order valence-electron chi connectivity index (χ1n) is 5.93. The fourth-order valence-electron chi connectivity index (χ4n) is 2.21. The minimum atomic E-state index is 0.553. The van der Waals surface area contributed by atoms with Gasteiger partial charge in [-0.15, -0.1) is 0 Å². The van der Waals surface area contributed by atoms with E-state index in [0.29, 0.717) is 12.0 Å². The predicted molar refractivity (Wildman–Crippen MR) is 64.4 cm³/mol. The van der Waals surface area contributed by atoms with Gasteiger partial charge in [-0.25, -0.2) is 0 Å². The molecule has 0 aromatic rings. The van der Waals surface area contributed by atoms with Crippen LogP contribution in [0.3, 0.4) is 0 Å². The zero-order valence-corrected chi connectivity index (χ0v) is 10.6. The molecule has 2 nitrogen and oxygen atoms in total. The number of rotatable bonds is 7. The molecule has 0 amide bonds. The van der Waals surface area contributed by atoms with Gasteiger partial charge in [0.25, 0.3) is 0 Å². The van der Waals surface area contributed by atoms with Crippen molar-refractivity contribution in [2.24, 2.45) is 17.6 Å². The normalized spacial score (nSPS) is 16.3. The summed E-state index contributed by atoms with van der Waals surface area (Å²) in [6.07, 6.45) is 2.54. The fourth-order valence-corrected chi connectivity index (χ4v) is 2.21. The summed E-state index contributed by atoms with van der Waals surface area (Å²) in [5.41, 5.74) is 5.84. The van der Waals surface area contributed by atoms with Crippen LogP contribution in [0.4, 0.5) is 0 Å². The molecule has 0 aliphatic carbocycles. The number of hydrogen-bond acceptors (Lipinski definition) is 2. The van der Waals surface area contributed by atoms with Gasteiger partial charge in [0.05, 0.1) is 0 Å². The Balaban J connectivity index is 4.09. The van der Waals surface area contributed by atoms with E-state index in [1.54, 1.807) is 0 Å². The van der Waals surface area contributed by atoms with Crippen molar-refractivity contribution in [1.82, 2.24) is 4.90 Å². The van der Waals surface area contributed by atoms with Crippen LogP contribution in [-0.2, 0) is 0 Å². The first-order chi connectivity index (χ1) is 6.52. The summed E-state index contributed by atoms with van der Waals surface area (Å²) >= 11 is 0. The van der Waals surface area contributed by atoms with Crippen molar-refractivity contribution in [1.29, 1.82) is 0 Å². The second kappa shape index (κ2) is 7.24. The van der Waals surface area contributed by atoms with E-state index in [2.05, 4.69) is 39.6 Å². The van der Waals surface area contributed by atoms with Crippen molar-refractivity contribution < 1.29 is 0 Å². The average Bonchev–Trinajstić information content (AvgIpc) is 2.04. The van der Waals surface area contributed by atoms with Gasteiger partial charge in [0.15, 0.2) is 0 Å². The van der Waals surface area contributed by atoms with Crippen LogP contribution < -0.4 is 5.73 Å². The highest BCUT2D eigenvalue weighted by Crippen LogP contribution is 2.15. The average molecular weight is 200 g/mol. The van der Waals surface area contributed by atoms with Gasteiger partial charge in [0, 0.05) is 19.1 Å². The van der Waals surface area contributed by atoms with Crippen molar-refractivity contribution >= 4 is 0 Å². The van der Waals surface area contributed by atoms with Crippen molar-refractivity contribution in [3.8, 4) is 0 Å². The highest BCUT2D eigenvalue weighted by Gasteiger charge is 2.19. The van der Waals surface area contributed by atoms with E-state index in [-0.39, 0.29) is 0 Å². The maximum Gasteiger partial charge on any atom is 0.0241 e. The lowest BCUT2D eigenvalue weighted by Gasteiger charge is -2.33. The summed E-state index contributed by atoms with van der Waals surface area (Å²) in [5.74, 6) is 1.44. The molecule has 0 heterocycles. The maximum absolute atomic E-state index is 5.84. The smallest absolute Gasteiger partial charge is 0.0241 e. The Morgan fingerprint density at radius 1 is 1.21 bits per heavy atom. The van der Waals surface area contributed by atoms with Gasteiger partial charge < -0.3 is 10.6 Å². The maximum atomic E-state index is 5.84. The minimum Gasteiger partial charge on any atom is -0.329 e. The quantitative estimate of drug-likeness (QED) is 0.683. The van der Waals surface area contributed by atoms with Crippen LogP contribution in [0, 0.1) is 11.8 Å². The number of nitrogens with two attached hydrogens (primary N) is 1. The lowest BCUT2D eigenvalue weighted by molar-refractivity contribution is 0.165. The van der Waals surface area contributed by atoms with E-state index >= 15 is 0 Å². The van der Waals surface area contributed by atoms with Crippen LogP contribution in [0.5, 0.6) is 0 Å². The van der Waals surface area contributed by atoms with Crippen molar-refractivity contribution in [3.05, 3.63) is 0 Å². The third-order valence-electron chi connectivity index (χ3n) is 2.86. The van der Waals surface area contributed by atoms with Gasteiger partial charge in [-0.1, -0.05) is 34.1 Å². The van der Waals surface area contributed by atoms with E-state index in [9.17, 15) is 0 Å². The highest BCUT2D eigenvalue weighted by molar-refractivity contribution is 4.76. The standard InChI is InChI=1S/C12H28N2/c1-6-7-11(4)12(8-13)14(5)9-10(2)3/h10-12H,6-9,13H2,1-5H3. The molecule has 0 fully saturated rings. The molecule has 0 saturated carbocycles. The number of hydrogen-bond donors (Lipinski definition) is 1. The van der Waals surface area contributed by atoms with Crippen molar-refractivity contribution in [2.75, 3.05) is 20.1 Å². The predicted octanol–water partition coefficient (Wildman–Crippen LogP) is 2.34. The van der Waals surface area contributed by atoms with Gasteiger partial charge >= 0.3 is 0 Å². The molecule has 0 aliphatic rings. The van der Waals surface area contributed by atoms with E-state index < -0.39 is 0 Å². The summed E-state index contributed by atoms with van der Waals surface area (Å²) < 4.78 is 0. The van der Waals surface area contributed by atoms with Crippen molar-refractivity contribution in [2.45, 2.75) is 46.6 Å². The molecule has 0 rings (SSSR count). The molecule has 2 unspecified atom stereocenters. The first-order valence-corrected chi connectivity index (χ1v) is 5.93. The van der Waals surface area contributed by atoms with Gasteiger partial charge in [-0.3, -0.25) is 0 Å². The van der Waals surface area contributed by atoms with E-state index in [1.165, 1.54) is 12.8 Å². The van der Waals surface area contributed by atoms with Crippen LogP contribution in [0.15, 0.2) is 0 Å². The molecule has 2 atom stereocenters. The van der Waals surface area contributed by atoms with Crippen LogP contribution in [0.25, 0.3) is 0 Å². The van der Waals surface area contributed by atoms with Crippen molar-refractivity contribution in [3.63, 3.8) is 0 Å². The minimum absolute atomic E-state index is 0.553. The van der Waals surface area contributed by atoms with Crippen LogP contribution >= 0.6 is 0 Å². The highest BCUT2D eigenvalue weighted by atomic mass is 15.1. The molecule has 14 heavy (non-hydrogen) atoms. The lowest BCUT2D eigenvalue weighted by atomic mass is 9.95. The number of likely N-dealkylation sites (N-methyl/N-ethyl adjacent to an activating group) is 1. The third kappa shape index (κ3) is 4.97. The third-order valence-corrected chi connectivity index (χ3v) is 2.86. The lowest BCUT2D eigenvalue weighted by Crippen LogP contribution is -2.44. The second-order valence-corrected chi connectivity index (χ2v) is 4.90. The Morgan fingerprint density at radius 2 is 1.79 bits per heavy atom. The Morgan fingerprint density at radius 3 is 2.14 bits per heavy atom. The molecule has 0 saturated heterocycles. The zero-order valence-electron chi connectivity index (χ0n) is 10.6. The Kier molecular flexibility index (Phi) is 7.20. The molecule has 86 valence electrons. The Bertz CT molecular complexity index is 134. The second-order valence-electron chi connectivity index (χ2n) is 4.90. The molecule has 2 N–H and O–H groups in total. The molecule has 0 aromatic heterocycles. The molecule has 0 aliphatic heterocycles.